The molecule has 1 unspecified atom stereocenters. The Hall–Kier alpha value is -2.21. The first-order valence-electron chi connectivity index (χ1n) is 8.57. The van der Waals surface area contributed by atoms with Gasteiger partial charge in [-0.3, -0.25) is 14.5 Å². The molecule has 3 heterocycles. The Kier molecular flexibility index (Phi) is 5.59. The van der Waals surface area contributed by atoms with Crippen LogP contribution in [0.25, 0.3) is 0 Å². The Bertz CT molecular complexity index is 622. The lowest BCUT2D eigenvalue weighted by Gasteiger charge is -2.34. The van der Waals surface area contributed by atoms with Gasteiger partial charge in [-0.15, -0.1) is 0 Å². The summed E-state index contributed by atoms with van der Waals surface area (Å²) in [6, 6.07) is 7.48. The predicted octanol–water partition coefficient (Wildman–Crippen LogP) is 2.44. The van der Waals surface area contributed by atoms with E-state index in [1.807, 2.05) is 42.3 Å². The Morgan fingerprint density at radius 3 is 2.75 bits per heavy atom. The minimum absolute atomic E-state index is 0.157. The number of aromatic nitrogens is 3. The molecule has 24 heavy (non-hydrogen) atoms. The molecule has 3 rings (SSSR count). The molecule has 1 aliphatic heterocycles. The Morgan fingerprint density at radius 2 is 2.12 bits per heavy atom. The molecule has 1 aliphatic rings. The molecule has 0 bridgehead atoms. The number of nitrogens with zero attached hydrogens (tertiary/aromatic N) is 4. The van der Waals surface area contributed by atoms with Crippen molar-refractivity contribution < 1.29 is 9.53 Å². The average Bonchev–Trinajstić information content (AvgIpc) is 3.16. The van der Waals surface area contributed by atoms with E-state index in [4.69, 9.17) is 4.74 Å². The summed E-state index contributed by atoms with van der Waals surface area (Å²) < 4.78 is 7.69. The number of piperidine rings is 1. The first-order valence-corrected chi connectivity index (χ1v) is 8.57. The summed E-state index contributed by atoms with van der Waals surface area (Å²) in [5, 5.41) is 4.22. The fourth-order valence-corrected chi connectivity index (χ4v) is 3.08. The van der Waals surface area contributed by atoms with Crippen molar-refractivity contribution in [2.75, 3.05) is 13.1 Å². The van der Waals surface area contributed by atoms with Gasteiger partial charge in [0.25, 0.3) is 0 Å². The summed E-state index contributed by atoms with van der Waals surface area (Å²) in [6.45, 7) is 4.03. The third kappa shape index (κ3) is 4.00. The van der Waals surface area contributed by atoms with E-state index in [-0.39, 0.29) is 18.1 Å². The summed E-state index contributed by atoms with van der Waals surface area (Å²) in [5.41, 5.74) is 0.945. The van der Waals surface area contributed by atoms with Crippen molar-refractivity contribution in [3.05, 3.63) is 48.5 Å². The Morgan fingerprint density at radius 1 is 1.29 bits per heavy atom. The highest BCUT2D eigenvalue weighted by molar-refractivity contribution is 5.80. The molecule has 2 aromatic heterocycles. The molecule has 128 valence electrons. The molecule has 1 fully saturated rings. The van der Waals surface area contributed by atoms with Crippen LogP contribution >= 0.6 is 0 Å². The van der Waals surface area contributed by atoms with Gasteiger partial charge in [-0.25, -0.2) is 0 Å². The topological polar surface area (TPSA) is 60.3 Å². The summed E-state index contributed by atoms with van der Waals surface area (Å²) in [6.07, 6.45) is 8.03. The zero-order chi connectivity index (χ0) is 16.8. The van der Waals surface area contributed by atoms with Crippen LogP contribution in [0.3, 0.4) is 0 Å². The molecule has 1 atom stereocenters. The van der Waals surface area contributed by atoms with Crippen LogP contribution in [0.2, 0.25) is 0 Å². The van der Waals surface area contributed by atoms with Crippen LogP contribution in [0, 0.1) is 0 Å². The van der Waals surface area contributed by atoms with Crippen molar-refractivity contribution in [2.24, 2.45) is 0 Å². The maximum atomic E-state index is 12.7. The van der Waals surface area contributed by atoms with Crippen LogP contribution in [0.5, 0.6) is 0 Å². The number of likely N-dealkylation sites (tertiary alicyclic amines) is 1. The van der Waals surface area contributed by atoms with E-state index in [0.29, 0.717) is 6.61 Å². The van der Waals surface area contributed by atoms with Gasteiger partial charge in [-0.1, -0.05) is 13.0 Å². The van der Waals surface area contributed by atoms with E-state index < -0.39 is 0 Å². The molecule has 6 nitrogen and oxygen atoms in total. The largest absolute Gasteiger partial charge is 0.372 e. The van der Waals surface area contributed by atoms with Crippen molar-refractivity contribution in [2.45, 2.75) is 44.9 Å². The van der Waals surface area contributed by atoms with Gasteiger partial charge < -0.3 is 9.64 Å². The number of carbonyl (C=O) groups is 1. The van der Waals surface area contributed by atoms with E-state index >= 15 is 0 Å². The Labute approximate surface area is 142 Å². The standard InChI is InChI=1S/C18H24N4O2/c1-2-17(22-11-5-10-20-22)18(23)21-12-7-16(8-13-21)24-14-15-6-3-4-9-19-15/h3-6,9-11,16-17H,2,7-8,12-14H2,1H3. The molecular weight excluding hydrogens is 304 g/mol. The zero-order valence-electron chi connectivity index (χ0n) is 14.0. The molecule has 0 aliphatic carbocycles. The molecule has 0 radical (unpaired) electrons. The molecule has 2 aromatic rings. The second-order valence-corrected chi connectivity index (χ2v) is 6.07. The second kappa shape index (κ2) is 8.06. The van der Waals surface area contributed by atoms with Gasteiger partial charge >= 0.3 is 0 Å². The maximum absolute atomic E-state index is 12.7. The first kappa shape index (κ1) is 16.6. The normalized spacial score (nSPS) is 17.0. The van der Waals surface area contributed by atoms with Gasteiger partial charge in [0.2, 0.25) is 5.91 Å². The van der Waals surface area contributed by atoms with E-state index in [1.165, 1.54) is 0 Å². The summed E-state index contributed by atoms with van der Waals surface area (Å²) in [5.74, 6) is 0.157. The van der Waals surface area contributed by atoms with Crippen molar-refractivity contribution in [3.63, 3.8) is 0 Å². The average molecular weight is 328 g/mol. The lowest BCUT2D eigenvalue weighted by atomic mass is 10.1. The van der Waals surface area contributed by atoms with E-state index in [0.717, 1.165) is 38.0 Å². The summed E-state index contributed by atoms with van der Waals surface area (Å²) in [7, 11) is 0. The lowest BCUT2D eigenvalue weighted by molar-refractivity contribution is -0.138. The van der Waals surface area contributed by atoms with Gasteiger partial charge in [0.15, 0.2) is 0 Å². The number of amides is 1. The Balaban J connectivity index is 1.48. The minimum atomic E-state index is -0.203. The second-order valence-electron chi connectivity index (χ2n) is 6.07. The monoisotopic (exact) mass is 328 g/mol. The maximum Gasteiger partial charge on any atom is 0.247 e. The van der Waals surface area contributed by atoms with Crippen LogP contribution in [-0.4, -0.2) is 44.8 Å². The van der Waals surface area contributed by atoms with Gasteiger partial charge in [-0.2, -0.15) is 5.10 Å². The van der Waals surface area contributed by atoms with Gasteiger partial charge in [0.1, 0.15) is 6.04 Å². The highest BCUT2D eigenvalue weighted by Crippen LogP contribution is 2.20. The third-order valence-electron chi connectivity index (χ3n) is 4.46. The van der Waals surface area contributed by atoms with Crippen molar-refractivity contribution in [1.29, 1.82) is 0 Å². The molecular formula is C18H24N4O2. The van der Waals surface area contributed by atoms with Crippen LogP contribution in [0.4, 0.5) is 0 Å². The van der Waals surface area contributed by atoms with Crippen LogP contribution in [-0.2, 0) is 16.1 Å². The molecule has 0 N–H and O–H groups in total. The van der Waals surface area contributed by atoms with Crippen LogP contribution in [0.15, 0.2) is 42.9 Å². The molecule has 0 aromatic carbocycles. The molecule has 1 amide bonds. The summed E-state index contributed by atoms with van der Waals surface area (Å²) in [4.78, 5) is 18.9. The fourth-order valence-electron chi connectivity index (χ4n) is 3.08. The van der Waals surface area contributed by atoms with Gasteiger partial charge in [0, 0.05) is 31.7 Å². The highest BCUT2D eigenvalue weighted by Gasteiger charge is 2.28. The van der Waals surface area contributed by atoms with Crippen molar-refractivity contribution in [1.82, 2.24) is 19.7 Å². The smallest absolute Gasteiger partial charge is 0.247 e. The molecule has 1 saturated heterocycles. The highest BCUT2D eigenvalue weighted by atomic mass is 16.5. The number of hydrogen-bond acceptors (Lipinski definition) is 4. The van der Waals surface area contributed by atoms with Gasteiger partial charge in [0.05, 0.1) is 18.4 Å². The van der Waals surface area contributed by atoms with Crippen molar-refractivity contribution in [3.8, 4) is 0 Å². The number of carbonyl (C=O) groups excluding carboxylic acids is 1. The fraction of sp³-hybridized carbons (Fsp3) is 0.500. The number of pyridine rings is 1. The molecule has 0 spiro atoms. The van der Waals surface area contributed by atoms with Crippen LogP contribution in [0.1, 0.15) is 37.9 Å². The molecule has 6 heteroatoms. The lowest BCUT2D eigenvalue weighted by Crippen LogP contribution is -2.44. The quantitative estimate of drug-likeness (QED) is 0.817. The number of ether oxygens (including phenoxy) is 1. The van der Waals surface area contributed by atoms with Crippen LogP contribution < -0.4 is 0 Å². The zero-order valence-corrected chi connectivity index (χ0v) is 14.0. The van der Waals surface area contributed by atoms with E-state index in [9.17, 15) is 4.79 Å². The summed E-state index contributed by atoms with van der Waals surface area (Å²) >= 11 is 0. The molecule has 0 saturated carbocycles. The number of hydrogen-bond donors (Lipinski definition) is 0. The first-order chi connectivity index (χ1) is 11.8. The minimum Gasteiger partial charge on any atom is -0.372 e. The third-order valence-corrected chi connectivity index (χ3v) is 4.46. The van der Waals surface area contributed by atoms with Gasteiger partial charge in [-0.05, 0) is 37.5 Å². The van der Waals surface area contributed by atoms with Crippen molar-refractivity contribution >= 4 is 5.91 Å². The SMILES string of the molecule is CCC(C(=O)N1CCC(OCc2ccccn2)CC1)n1cccn1. The number of rotatable bonds is 6. The van der Waals surface area contributed by atoms with E-state index in [1.54, 1.807) is 17.1 Å². The predicted molar refractivity (Wildman–Crippen MR) is 90.2 cm³/mol. The van der Waals surface area contributed by atoms with E-state index in [2.05, 4.69) is 10.1 Å².